The summed E-state index contributed by atoms with van der Waals surface area (Å²) in [5, 5.41) is 20.0. The highest BCUT2D eigenvalue weighted by Gasteiger charge is 2.34. The van der Waals surface area contributed by atoms with Crippen LogP contribution in [0.2, 0.25) is 0 Å². The molecule has 13 heteroatoms. The molecule has 1 aliphatic heterocycles. The number of carbonyl (C=O) groups is 3. The first-order valence-corrected chi connectivity index (χ1v) is 15.3. The van der Waals surface area contributed by atoms with E-state index in [1.165, 1.54) is 35.0 Å². The van der Waals surface area contributed by atoms with Crippen LogP contribution in [0.4, 0.5) is 39.8 Å². The first-order valence-electron chi connectivity index (χ1n) is 15.3. The number of halogens is 3. The Morgan fingerprint density at radius 2 is 1.67 bits per heavy atom. The minimum absolute atomic E-state index is 0.0655. The minimum Gasteiger partial charge on any atom is -0.487 e. The maximum atomic E-state index is 13.8. The van der Waals surface area contributed by atoms with E-state index in [1.54, 1.807) is 25.1 Å². The molecule has 0 saturated carbocycles. The third-order valence-electron chi connectivity index (χ3n) is 8.22. The molecule has 3 atom stereocenters. The van der Waals surface area contributed by atoms with Gasteiger partial charge in [-0.15, -0.1) is 0 Å². The number of hydrogen-bond donors (Lipinski definition) is 4. The summed E-state index contributed by atoms with van der Waals surface area (Å²) in [5.41, 5.74) is 0.465. The number of benzene rings is 4. The number of amides is 5. The molecule has 1 heterocycles. The summed E-state index contributed by atoms with van der Waals surface area (Å²) < 4.78 is 45.1. The monoisotopic (exact) mass is 663 g/mol. The Morgan fingerprint density at radius 3 is 2.38 bits per heavy atom. The zero-order chi connectivity index (χ0) is 34.6. The van der Waals surface area contributed by atoms with Gasteiger partial charge in [-0.1, -0.05) is 43.3 Å². The van der Waals surface area contributed by atoms with Crippen molar-refractivity contribution in [2.45, 2.75) is 32.2 Å². The Morgan fingerprint density at radius 1 is 0.979 bits per heavy atom. The molecular weight excluding hydrogens is 627 g/mol. The molecule has 0 saturated heterocycles. The Bertz CT molecular complexity index is 1790. The number of rotatable bonds is 7. The van der Waals surface area contributed by atoms with E-state index in [4.69, 9.17) is 4.74 Å². The number of hydrogen-bond acceptors (Lipinski definition) is 5. The lowest BCUT2D eigenvalue weighted by molar-refractivity contribution is -0.137. The number of fused-ring (bicyclic) bond motifs is 2. The average molecular weight is 664 g/mol. The van der Waals surface area contributed by atoms with Gasteiger partial charge in [-0.05, 0) is 60.8 Å². The second-order valence-corrected chi connectivity index (χ2v) is 11.8. The highest BCUT2D eigenvalue weighted by atomic mass is 19.4. The lowest BCUT2D eigenvalue weighted by Crippen LogP contribution is -2.50. The third kappa shape index (κ3) is 7.80. The van der Waals surface area contributed by atoms with E-state index in [-0.39, 0.29) is 42.6 Å². The molecule has 4 aromatic rings. The number of urea groups is 2. The summed E-state index contributed by atoms with van der Waals surface area (Å²) in [6.07, 6.45) is -5.12. The van der Waals surface area contributed by atoms with Crippen LogP contribution in [0.25, 0.3) is 10.8 Å². The van der Waals surface area contributed by atoms with Crippen molar-refractivity contribution in [2.75, 3.05) is 42.7 Å². The zero-order valence-electron chi connectivity index (χ0n) is 26.5. The number of aliphatic hydroxyl groups excluding tert-OH is 1. The van der Waals surface area contributed by atoms with Gasteiger partial charge in [0.2, 0.25) is 0 Å². The SMILES string of the molecule is C[C@H](CO)N1C[C@H](C)[C@@H](CN(C)C(=O)Nc2ccc(C(F)(F)F)cc2)Oc2ccc(NC(=O)Nc3cccc4ccccc34)cc2C1=O. The number of ether oxygens (including phenoxy) is 1. The van der Waals surface area contributed by atoms with Gasteiger partial charge in [0.1, 0.15) is 11.9 Å². The summed E-state index contributed by atoms with van der Waals surface area (Å²) in [7, 11) is 1.52. The maximum absolute atomic E-state index is 13.8. The van der Waals surface area contributed by atoms with E-state index >= 15 is 0 Å². The van der Waals surface area contributed by atoms with E-state index in [9.17, 15) is 32.7 Å². The fourth-order valence-electron chi connectivity index (χ4n) is 5.45. The van der Waals surface area contributed by atoms with Gasteiger partial charge in [0.15, 0.2) is 0 Å². The molecule has 5 amide bonds. The van der Waals surface area contributed by atoms with E-state index in [2.05, 4.69) is 16.0 Å². The van der Waals surface area contributed by atoms with Crippen molar-refractivity contribution >= 4 is 45.8 Å². The first kappa shape index (κ1) is 34.0. The van der Waals surface area contributed by atoms with Crippen LogP contribution >= 0.6 is 0 Å². The fourth-order valence-corrected chi connectivity index (χ4v) is 5.45. The van der Waals surface area contributed by atoms with Gasteiger partial charge < -0.3 is 35.6 Å². The Hall–Kier alpha value is -5.30. The van der Waals surface area contributed by atoms with E-state index < -0.39 is 41.9 Å². The molecule has 0 fully saturated rings. The van der Waals surface area contributed by atoms with Gasteiger partial charge in [-0.3, -0.25) is 4.79 Å². The van der Waals surface area contributed by atoms with E-state index in [1.807, 2.05) is 43.3 Å². The highest BCUT2D eigenvalue weighted by molar-refractivity contribution is 6.07. The summed E-state index contributed by atoms with van der Waals surface area (Å²) in [6, 6.07) is 20.4. The van der Waals surface area contributed by atoms with E-state index in [0.717, 1.165) is 22.9 Å². The van der Waals surface area contributed by atoms with Crippen LogP contribution in [0.3, 0.4) is 0 Å². The molecular formula is C35H36F3N5O5. The van der Waals surface area contributed by atoms with Gasteiger partial charge in [-0.2, -0.15) is 13.2 Å². The summed E-state index contributed by atoms with van der Waals surface area (Å²) in [6.45, 7) is 3.54. The van der Waals surface area contributed by atoms with Crippen molar-refractivity contribution in [3.05, 3.63) is 96.1 Å². The minimum atomic E-state index is -4.50. The number of likely N-dealkylation sites (N-methyl/N-ethyl adjacent to an activating group) is 1. The van der Waals surface area contributed by atoms with Crippen molar-refractivity contribution in [1.82, 2.24) is 9.80 Å². The number of carbonyl (C=O) groups excluding carboxylic acids is 3. The number of nitrogens with one attached hydrogen (secondary N) is 3. The molecule has 4 N–H and O–H groups in total. The van der Waals surface area contributed by atoms with Gasteiger partial charge in [0, 0.05) is 36.3 Å². The number of nitrogens with zero attached hydrogens (tertiary/aromatic N) is 2. The van der Waals surface area contributed by atoms with Crippen molar-refractivity contribution in [3.63, 3.8) is 0 Å². The number of aliphatic hydroxyl groups is 1. The van der Waals surface area contributed by atoms with Gasteiger partial charge in [-0.25, -0.2) is 9.59 Å². The Balaban J connectivity index is 1.34. The van der Waals surface area contributed by atoms with Crippen LogP contribution in [0.15, 0.2) is 84.9 Å². The number of alkyl halides is 3. The van der Waals surface area contributed by atoms with Crippen LogP contribution < -0.4 is 20.7 Å². The molecule has 5 rings (SSSR count). The molecule has 252 valence electrons. The molecule has 4 aromatic carbocycles. The predicted molar refractivity (Wildman–Crippen MR) is 177 cm³/mol. The highest BCUT2D eigenvalue weighted by Crippen LogP contribution is 2.32. The van der Waals surface area contributed by atoms with Gasteiger partial charge in [0.25, 0.3) is 5.91 Å². The van der Waals surface area contributed by atoms with Crippen LogP contribution in [-0.2, 0) is 6.18 Å². The van der Waals surface area contributed by atoms with Gasteiger partial charge in [0.05, 0.1) is 36.0 Å². The van der Waals surface area contributed by atoms with Crippen molar-refractivity contribution in [1.29, 1.82) is 0 Å². The summed E-state index contributed by atoms with van der Waals surface area (Å²) in [4.78, 5) is 42.7. The Labute approximate surface area is 275 Å². The molecule has 10 nitrogen and oxygen atoms in total. The van der Waals surface area contributed by atoms with Crippen LogP contribution in [-0.4, -0.2) is 71.8 Å². The Kier molecular flexibility index (Phi) is 10.1. The normalized spacial score (nSPS) is 17.0. The van der Waals surface area contributed by atoms with Crippen molar-refractivity contribution in [3.8, 4) is 5.75 Å². The molecule has 0 aromatic heterocycles. The molecule has 0 bridgehead atoms. The number of anilines is 3. The third-order valence-corrected chi connectivity index (χ3v) is 8.22. The second kappa shape index (κ2) is 14.2. The van der Waals surface area contributed by atoms with E-state index in [0.29, 0.717) is 11.4 Å². The smallest absolute Gasteiger partial charge is 0.416 e. The zero-order valence-corrected chi connectivity index (χ0v) is 26.5. The van der Waals surface area contributed by atoms with Gasteiger partial charge >= 0.3 is 18.2 Å². The summed E-state index contributed by atoms with van der Waals surface area (Å²) in [5.74, 6) is -0.478. The first-order chi connectivity index (χ1) is 22.8. The molecule has 48 heavy (non-hydrogen) atoms. The van der Waals surface area contributed by atoms with Crippen molar-refractivity contribution < 1.29 is 37.4 Å². The lowest BCUT2D eigenvalue weighted by Gasteiger charge is -2.38. The topological polar surface area (TPSA) is 123 Å². The molecule has 1 aliphatic rings. The van der Waals surface area contributed by atoms with Crippen LogP contribution in [0.5, 0.6) is 5.75 Å². The molecule has 0 radical (unpaired) electrons. The van der Waals surface area contributed by atoms with Crippen LogP contribution in [0, 0.1) is 5.92 Å². The average Bonchev–Trinajstić information content (AvgIpc) is 3.06. The van der Waals surface area contributed by atoms with Crippen LogP contribution in [0.1, 0.15) is 29.8 Å². The molecule has 0 aliphatic carbocycles. The fraction of sp³-hybridized carbons (Fsp3) is 0.286. The summed E-state index contributed by atoms with van der Waals surface area (Å²) >= 11 is 0. The lowest BCUT2D eigenvalue weighted by atomic mass is 9.99. The van der Waals surface area contributed by atoms with Crippen molar-refractivity contribution in [2.24, 2.45) is 5.92 Å². The molecule has 0 spiro atoms. The maximum Gasteiger partial charge on any atom is 0.416 e. The standard InChI is InChI=1S/C35H36F3N5O5/c1-21-18-43(22(2)20-44)32(45)28-17-26(39-33(46)41-29-10-6-8-23-7-4-5-9-27(23)29)15-16-30(28)48-31(21)19-42(3)34(47)40-25-13-11-24(12-14-25)35(36,37)38/h4-17,21-22,31,44H,18-20H2,1-3H3,(H,40,47)(H2,39,41,46)/t21-,22+,31+/m0/s1. The molecule has 0 unspecified atom stereocenters. The predicted octanol–water partition coefficient (Wildman–Crippen LogP) is 6.89. The quantitative estimate of drug-likeness (QED) is 0.172. The largest absolute Gasteiger partial charge is 0.487 e. The second-order valence-electron chi connectivity index (χ2n) is 11.8.